The van der Waals surface area contributed by atoms with Gasteiger partial charge in [-0.05, 0) is 19.3 Å². The van der Waals surface area contributed by atoms with E-state index in [1.165, 1.54) is 0 Å². The van der Waals surface area contributed by atoms with Crippen molar-refractivity contribution in [1.29, 1.82) is 0 Å². The van der Waals surface area contributed by atoms with Crippen LogP contribution in [0, 0.1) is 12.1 Å². The van der Waals surface area contributed by atoms with Crippen LogP contribution in [0.2, 0.25) is 0 Å². The summed E-state index contributed by atoms with van der Waals surface area (Å²) in [5, 5.41) is 0. The molecule has 0 aliphatic carbocycles. The van der Waals surface area contributed by atoms with E-state index >= 15 is 0 Å². The molecule has 0 amide bonds. The molecule has 0 spiro atoms. The van der Waals surface area contributed by atoms with Crippen LogP contribution < -0.4 is 0 Å². The van der Waals surface area contributed by atoms with Gasteiger partial charge in [-0.25, -0.2) is 0 Å². The van der Waals surface area contributed by atoms with Gasteiger partial charge in [-0.2, -0.15) is 0 Å². The van der Waals surface area contributed by atoms with Crippen molar-refractivity contribution >= 4 is 0 Å². The van der Waals surface area contributed by atoms with E-state index in [-0.39, 0.29) is 31.9 Å². The van der Waals surface area contributed by atoms with Crippen LogP contribution in [0.25, 0.3) is 22.8 Å². The molecule has 1 aliphatic rings. The Hall–Kier alpha value is -2.45. The first-order valence-electron chi connectivity index (χ1n) is 10.3. The molecule has 8 bridgehead atoms. The molecule has 0 N–H and O–H groups in total. The molecule has 160 valence electrons. The molecule has 4 aromatic rings. The summed E-state index contributed by atoms with van der Waals surface area (Å²) in [6.45, 7) is 8.81. The molecule has 3 heterocycles. The maximum Gasteiger partial charge on any atom is 2.00 e. The van der Waals surface area contributed by atoms with E-state index in [1.54, 1.807) is 0 Å². The predicted octanol–water partition coefficient (Wildman–Crippen LogP) is 5.05. The van der Waals surface area contributed by atoms with E-state index in [4.69, 9.17) is 9.97 Å². The molecule has 5 rings (SSSR count). The van der Waals surface area contributed by atoms with E-state index in [0.29, 0.717) is 0 Å². The second-order valence-corrected chi connectivity index (χ2v) is 9.33. The van der Waals surface area contributed by atoms with Crippen molar-refractivity contribution in [2.75, 3.05) is 0 Å². The normalized spacial score (nSPS) is 15.7. The maximum atomic E-state index is 5.04. The predicted molar refractivity (Wildman–Crippen MR) is 119 cm³/mol. The van der Waals surface area contributed by atoms with Gasteiger partial charge in [0.05, 0.1) is 28.5 Å². The zero-order valence-corrected chi connectivity index (χ0v) is 21.0. The number of rotatable bonds is 0. The Morgan fingerprint density at radius 2 is 1.10 bits per heavy atom. The standard InChI is InChI=1S/C26H26N4.Pt/c1-25(2)19-11-7-9-17(13-19)23-27-21(15-29(23)5)26(3,4)22-16-30(6)24(28-22)18-10-8-12-20(25)14-18;/h7-12,15-16H,1-6H3;/q-2;+2. The topological polar surface area (TPSA) is 35.6 Å². The molecule has 2 aromatic heterocycles. The Bertz CT molecular complexity index is 1180. The Kier molecular flexibility index (Phi) is 5.13. The van der Waals surface area contributed by atoms with Gasteiger partial charge in [0.25, 0.3) is 0 Å². The van der Waals surface area contributed by atoms with E-state index in [2.05, 4.69) is 97.8 Å². The van der Waals surface area contributed by atoms with Crippen molar-refractivity contribution in [1.82, 2.24) is 19.1 Å². The van der Waals surface area contributed by atoms with E-state index in [1.807, 2.05) is 14.1 Å². The summed E-state index contributed by atoms with van der Waals surface area (Å²) >= 11 is 0. The number of aromatic nitrogens is 4. The van der Waals surface area contributed by atoms with Gasteiger partial charge in [0.2, 0.25) is 0 Å². The minimum atomic E-state index is -0.329. The average Bonchev–Trinajstić information content (AvgIpc) is 3.31. The summed E-state index contributed by atoms with van der Waals surface area (Å²) in [6, 6.07) is 20.0. The third-order valence-electron chi connectivity index (χ3n) is 6.45. The second kappa shape index (κ2) is 7.31. The first kappa shape index (κ1) is 21.8. The van der Waals surface area contributed by atoms with Crippen molar-refractivity contribution in [2.45, 2.75) is 38.5 Å². The Balaban J connectivity index is 0.00000231. The molecule has 0 radical (unpaired) electrons. The molecule has 31 heavy (non-hydrogen) atoms. The zero-order chi connectivity index (χ0) is 21.3. The zero-order valence-electron chi connectivity index (χ0n) is 18.7. The van der Waals surface area contributed by atoms with E-state index in [0.717, 1.165) is 45.3 Å². The molecule has 0 unspecified atom stereocenters. The summed E-state index contributed by atoms with van der Waals surface area (Å²) in [5.41, 5.74) is 5.65. The monoisotopic (exact) mass is 589 g/mol. The average molecular weight is 590 g/mol. The van der Waals surface area contributed by atoms with Crippen molar-refractivity contribution in [3.63, 3.8) is 0 Å². The second-order valence-electron chi connectivity index (χ2n) is 9.33. The van der Waals surface area contributed by atoms with Gasteiger partial charge in [-0.15, -0.1) is 70.8 Å². The molecule has 0 fully saturated rings. The summed E-state index contributed by atoms with van der Waals surface area (Å²) in [6.07, 6.45) is 4.22. The third-order valence-corrected chi connectivity index (χ3v) is 6.45. The SMILES string of the molecule is Cn1cc2nc1-c1[c-]c(ccc1)C(C)(C)c1[c-]c(ccc1)-c1nc(cn1C)C2(C)C.[Pt+2]. The van der Waals surface area contributed by atoms with Crippen LogP contribution in [-0.4, -0.2) is 19.1 Å². The van der Waals surface area contributed by atoms with Gasteiger partial charge in [0, 0.05) is 26.5 Å². The van der Waals surface area contributed by atoms with Crippen LogP contribution in [0.4, 0.5) is 0 Å². The minimum Gasteiger partial charge on any atom is -0.373 e. The molecular weight excluding hydrogens is 563 g/mol. The van der Waals surface area contributed by atoms with Gasteiger partial charge in [-0.1, -0.05) is 13.8 Å². The first-order valence-corrected chi connectivity index (χ1v) is 10.3. The molecular formula is C26H26N4Pt. The number of nitrogens with zero attached hydrogens (tertiary/aromatic N) is 4. The third kappa shape index (κ3) is 3.32. The number of hydrogen-bond donors (Lipinski definition) is 0. The van der Waals surface area contributed by atoms with Crippen LogP contribution in [0.15, 0.2) is 48.8 Å². The van der Waals surface area contributed by atoms with Gasteiger partial charge < -0.3 is 9.13 Å². The van der Waals surface area contributed by atoms with Crippen LogP contribution in [0.3, 0.4) is 0 Å². The van der Waals surface area contributed by atoms with Crippen molar-refractivity contribution < 1.29 is 21.1 Å². The van der Waals surface area contributed by atoms with Crippen molar-refractivity contribution in [3.8, 4) is 22.8 Å². The smallest absolute Gasteiger partial charge is 0.373 e. The van der Waals surface area contributed by atoms with Crippen molar-refractivity contribution in [3.05, 3.63) is 83.4 Å². The fourth-order valence-corrected chi connectivity index (χ4v) is 4.24. The summed E-state index contributed by atoms with van der Waals surface area (Å²) in [5.74, 6) is 1.84. The fourth-order valence-electron chi connectivity index (χ4n) is 4.24. The fraction of sp³-hybridized carbons (Fsp3) is 0.308. The molecule has 0 atom stereocenters. The Morgan fingerprint density at radius 1 is 0.677 bits per heavy atom. The minimum absolute atomic E-state index is 0. The molecule has 2 aromatic carbocycles. The number of aryl methyl sites for hydroxylation is 2. The van der Waals surface area contributed by atoms with Gasteiger partial charge in [0.15, 0.2) is 0 Å². The number of fused-ring (bicyclic) bond motifs is 10. The van der Waals surface area contributed by atoms with Gasteiger partial charge in [0.1, 0.15) is 0 Å². The number of benzene rings is 2. The molecule has 5 heteroatoms. The number of hydrogen-bond acceptors (Lipinski definition) is 2. The maximum absolute atomic E-state index is 5.04. The Labute approximate surface area is 198 Å². The van der Waals surface area contributed by atoms with Gasteiger partial charge in [-0.3, -0.25) is 9.97 Å². The molecule has 0 saturated heterocycles. The summed E-state index contributed by atoms with van der Waals surface area (Å²) < 4.78 is 4.19. The van der Waals surface area contributed by atoms with Crippen LogP contribution in [-0.2, 0) is 46.0 Å². The first-order chi connectivity index (χ1) is 14.2. The largest absolute Gasteiger partial charge is 2.00 e. The summed E-state index contributed by atoms with van der Waals surface area (Å²) in [7, 11) is 4.10. The molecule has 1 aliphatic heterocycles. The molecule has 4 nitrogen and oxygen atoms in total. The van der Waals surface area contributed by atoms with Crippen molar-refractivity contribution in [2.24, 2.45) is 14.1 Å². The van der Waals surface area contributed by atoms with Crippen LogP contribution in [0.5, 0.6) is 0 Å². The molecule has 0 saturated carbocycles. The quantitative estimate of drug-likeness (QED) is 0.269. The summed E-state index contributed by atoms with van der Waals surface area (Å²) in [4.78, 5) is 10.1. The van der Waals surface area contributed by atoms with E-state index in [9.17, 15) is 0 Å². The van der Waals surface area contributed by atoms with E-state index < -0.39 is 0 Å². The Morgan fingerprint density at radius 3 is 1.52 bits per heavy atom. The van der Waals surface area contributed by atoms with Crippen LogP contribution >= 0.6 is 0 Å². The van der Waals surface area contributed by atoms with Crippen LogP contribution in [0.1, 0.15) is 50.2 Å². The number of imidazole rings is 2. The van der Waals surface area contributed by atoms with Gasteiger partial charge >= 0.3 is 21.1 Å².